The van der Waals surface area contributed by atoms with Crippen LogP contribution >= 0.6 is 0 Å². The van der Waals surface area contributed by atoms with Crippen molar-refractivity contribution in [2.24, 2.45) is 0 Å². The molecule has 100 valence electrons. The fourth-order valence-corrected chi connectivity index (χ4v) is 1.63. The zero-order valence-electron chi connectivity index (χ0n) is 10.6. The predicted molar refractivity (Wildman–Crippen MR) is 66.8 cm³/mol. The molecule has 19 heavy (non-hydrogen) atoms. The van der Waals surface area contributed by atoms with Crippen molar-refractivity contribution in [3.05, 3.63) is 65.0 Å². The number of ether oxygens (including phenoxy) is 1. The monoisotopic (exact) mass is 266 g/mol. The first-order valence-electron chi connectivity index (χ1n) is 5.78. The highest BCUT2D eigenvalue weighted by Gasteiger charge is 2.35. The van der Waals surface area contributed by atoms with E-state index in [0.29, 0.717) is 5.56 Å². The van der Waals surface area contributed by atoms with Crippen LogP contribution in [0.2, 0.25) is 0 Å². The maximum Gasteiger partial charge on any atom is 0.426 e. The summed E-state index contributed by atoms with van der Waals surface area (Å²) in [7, 11) is 0. The lowest BCUT2D eigenvalue weighted by Gasteiger charge is -2.18. The third-order valence-corrected chi connectivity index (χ3v) is 2.71. The van der Waals surface area contributed by atoms with Gasteiger partial charge in [-0.2, -0.15) is 8.78 Å². The van der Waals surface area contributed by atoms with Gasteiger partial charge in [0.2, 0.25) is 0 Å². The standard InChI is InChI=1S/C15H13F3O/c1-10-3-6-12(7-4-10)15(17,18)19-14-8-5-11(2)9-13(14)16/h3-9H,1-2H3. The van der Waals surface area contributed by atoms with Crippen LogP contribution < -0.4 is 4.74 Å². The van der Waals surface area contributed by atoms with Crippen LogP contribution in [0.25, 0.3) is 0 Å². The van der Waals surface area contributed by atoms with E-state index in [1.54, 1.807) is 26.0 Å². The van der Waals surface area contributed by atoms with E-state index in [2.05, 4.69) is 4.74 Å². The van der Waals surface area contributed by atoms with Crippen molar-refractivity contribution in [2.45, 2.75) is 20.0 Å². The number of benzene rings is 2. The SMILES string of the molecule is Cc1ccc(C(F)(F)Oc2ccc(C)cc2F)cc1. The summed E-state index contributed by atoms with van der Waals surface area (Å²) in [6.45, 7) is 3.47. The van der Waals surface area contributed by atoms with Crippen LogP contribution in [0.5, 0.6) is 5.75 Å². The van der Waals surface area contributed by atoms with Crippen LogP contribution in [0, 0.1) is 19.7 Å². The predicted octanol–water partition coefficient (Wildman–Crippen LogP) is 4.57. The summed E-state index contributed by atoms with van der Waals surface area (Å²) in [6, 6.07) is 9.51. The average molecular weight is 266 g/mol. The highest BCUT2D eigenvalue weighted by Crippen LogP contribution is 2.33. The molecule has 0 saturated heterocycles. The molecule has 0 atom stereocenters. The summed E-state index contributed by atoms with van der Waals surface area (Å²) in [5.74, 6) is -1.26. The van der Waals surface area contributed by atoms with E-state index in [4.69, 9.17) is 0 Å². The first-order valence-corrected chi connectivity index (χ1v) is 5.78. The van der Waals surface area contributed by atoms with Gasteiger partial charge < -0.3 is 4.74 Å². The Labute approximate surface area is 109 Å². The molecule has 0 radical (unpaired) electrons. The first-order chi connectivity index (χ1) is 8.88. The van der Waals surface area contributed by atoms with Gasteiger partial charge in [0.15, 0.2) is 11.6 Å². The summed E-state index contributed by atoms with van der Waals surface area (Å²) in [5, 5.41) is 0. The van der Waals surface area contributed by atoms with Crippen molar-refractivity contribution >= 4 is 0 Å². The molecule has 0 aliphatic rings. The number of rotatable bonds is 3. The molecule has 0 aliphatic heterocycles. The van der Waals surface area contributed by atoms with E-state index in [1.165, 1.54) is 24.3 Å². The number of hydrogen-bond acceptors (Lipinski definition) is 1. The smallest absolute Gasteiger partial charge is 0.426 e. The molecule has 2 rings (SSSR count). The van der Waals surface area contributed by atoms with E-state index in [1.807, 2.05) is 0 Å². The van der Waals surface area contributed by atoms with Crippen molar-refractivity contribution in [2.75, 3.05) is 0 Å². The lowest BCUT2D eigenvalue weighted by atomic mass is 10.1. The maximum atomic E-state index is 13.9. The van der Waals surface area contributed by atoms with Crippen LogP contribution in [-0.2, 0) is 6.11 Å². The van der Waals surface area contributed by atoms with Crippen molar-refractivity contribution in [3.8, 4) is 5.75 Å². The first kappa shape index (κ1) is 13.5. The Hall–Kier alpha value is -1.97. The van der Waals surface area contributed by atoms with Gasteiger partial charge in [0.05, 0.1) is 5.56 Å². The summed E-state index contributed by atoms with van der Waals surface area (Å²) < 4.78 is 45.7. The highest BCUT2D eigenvalue weighted by atomic mass is 19.3. The van der Waals surface area contributed by atoms with Gasteiger partial charge >= 0.3 is 6.11 Å². The quantitative estimate of drug-likeness (QED) is 0.790. The second-order valence-electron chi connectivity index (χ2n) is 4.42. The van der Waals surface area contributed by atoms with Crippen LogP contribution in [0.15, 0.2) is 42.5 Å². The molecule has 0 fully saturated rings. The van der Waals surface area contributed by atoms with Crippen LogP contribution in [-0.4, -0.2) is 0 Å². The van der Waals surface area contributed by atoms with E-state index < -0.39 is 17.7 Å². The number of alkyl halides is 2. The number of aryl methyl sites for hydroxylation is 2. The van der Waals surface area contributed by atoms with Crippen LogP contribution in [0.3, 0.4) is 0 Å². The average Bonchev–Trinajstić information content (AvgIpc) is 2.33. The maximum absolute atomic E-state index is 13.9. The minimum Gasteiger partial charge on any atom is -0.426 e. The molecule has 4 heteroatoms. The molecule has 0 bridgehead atoms. The summed E-state index contributed by atoms with van der Waals surface area (Å²) in [6.07, 6.45) is -3.57. The fraction of sp³-hybridized carbons (Fsp3) is 0.200. The molecule has 0 aromatic heterocycles. The Balaban J connectivity index is 2.27. The Morgan fingerprint density at radius 1 is 0.895 bits per heavy atom. The van der Waals surface area contributed by atoms with Crippen LogP contribution in [0.1, 0.15) is 16.7 Å². The molecule has 0 unspecified atom stereocenters. The van der Waals surface area contributed by atoms with E-state index in [9.17, 15) is 13.2 Å². The third kappa shape index (κ3) is 3.08. The summed E-state index contributed by atoms with van der Waals surface area (Å²) in [4.78, 5) is 0. The van der Waals surface area contributed by atoms with E-state index >= 15 is 0 Å². The fourth-order valence-electron chi connectivity index (χ4n) is 1.63. The molecular weight excluding hydrogens is 253 g/mol. The van der Waals surface area contributed by atoms with Gasteiger partial charge in [0.25, 0.3) is 0 Å². The third-order valence-electron chi connectivity index (χ3n) is 2.71. The van der Waals surface area contributed by atoms with Gasteiger partial charge in [-0.05, 0) is 43.7 Å². The molecule has 0 N–H and O–H groups in total. The topological polar surface area (TPSA) is 9.23 Å². The van der Waals surface area contributed by atoms with E-state index in [0.717, 1.165) is 11.6 Å². The van der Waals surface area contributed by atoms with Crippen molar-refractivity contribution in [1.29, 1.82) is 0 Å². The normalized spacial score (nSPS) is 11.4. The Morgan fingerprint density at radius 2 is 1.47 bits per heavy atom. The molecule has 2 aromatic carbocycles. The zero-order valence-corrected chi connectivity index (χ0v) is 10.6. The minimum absolute atomic E-state index is 0.307. The van der Waals surface area contributed by atoms with Gasteiger partial charge in [-0.1, -0.05) is 23.8 Å². The molecule has 0 spiro atoms. The molecule has 0 aliphatic carbocycles. The number of hydrogen-bond donors (Lipinski definition) is 0. The van der Waals surface area contributed by atoms with Crippen molar-refractivity contribution < 1.29 is 17.9 Å². The molecule has 0 heterocycles. The molecular formula is C15H13F3O. The van der Waals surface area contributed by atoms with Crippen LogP contribution in [0.4, 0.5) is 13.2 Å². The largest absolute Gasteiger partial charge is 0.426 e. The lowest BCUT2D eigenvalue weighted by molar-refractivity contribution is -0.186. The van der Waals surface area contributed by atoms with Crippen molar-refractivity contribution in [3.63, 3.8) is 0 Å². The van der Waals surface area contributed by atoms with Gasteiger partial charge in [-0.15, -0.1) is 0 Å². The lowest BCUT2D eigenvalue weighted by Crippen LogP contribution is -2.22. The highest BCUT2D eigenvalue weighted by molar-refractivity contribution is 5.30. The second-order valence-corrected chi connectivity index (χ2v) is 4.42. The molecule has 0 amide bonds. The Morgan fingerprint density at radius 3 is 2.05 bits per heavy atom. The van der Waals surface area contributed by atoms with E-state index in [-0.39, 0.29) is 5.56 Å². The van der Waals surface area contributed by atoms with Crippen molar-refractivity contribution in [1.82, 2.24) is 0 Å². The zero-order chi connectivity index (χ0) is 14.0. The minimum atomic E-state index is -3.57. The Kier molecular flexibility index (Phi) is 3.51. The molecule has 0 saturated carbocycles. The summed E-state index contributed by atoms with van der Waals surface area (Å²) >= 11 is 0. The summed E-state index contributed by atoms with van der Waals surface area (Å²) in [5.41, 5.74) is 1.20. The number of halogens is 3. The second kappa shape index (κ2) is 4.96. The van der Waals surface area contributed by atoms with Gasteiger partial charge in [0.1, 0.15) is 0 Å². The molecule has 2 aromatic rings. The Bertz CT molecular complexity index is 576. The van der Waals surface area contributed by atoms with Gasteiger partial charge in [-0.3, -0.25) is 0 Å². The molecule has 1 nitrogen and oxygen atoms in total. The van der Waals surface area contributed by atoms with Gasteiger partial charge in [-0.25, -0.2) is 4.39 Å². The van der Waals surface area contributed by atoms with Gasteiger partial charge in [0, 0.05) is 0 Å².